The molecule has 1 unspecified atom stereocenters. The molecule has 1 aliphatic heterocycles. The van der Waals surface area contributed by atoms with Gasteiger partial charge in [0, 0.05) is 29.0 Å². The van der Waals surface area contributed by atoms with Gasteiger partial charge in [0.05, 0.1) is 5.69 Å². The van der Waals surface area contributed by atoms with Crippen LogP contribution in [0.25, 0.3) is 5.69 Å². The molecule has 0 radical (unpaired) electrons. The van der Waals surface area contributed by atoms with Gasteiger partial charge >= 0.3 is 0 Å². The first kappa shape index (κ1) is 13.8. The van der Waals surface area contributed by atoms with Crippen LogP contribution < -0.4 is 16.4 Å². The van der Waals surface area contributed by atoms with Crippen molar-refractivity contribution >= 4 is 33.4 Å². The minimum absolute atomic E-state index is 0.236. The van der Waals surface area contributed by atoms with Crippen molar-refractivity contribution in [2.24, 2.45) is 5.73 Å². The Hall–Kier alpha value is -2.19. The molecule has 1 aromatic carbocycles. The molecular weight excluding hydrogens is 338 g/mol. The minimum Gasteiger partial charge on any atom is -0.354 e. The van der Waals surface area contributed by atoms with Gasteiger partial charge in [-0.05, 0) is 34.1 Å². The molecule has 0 bridgehead atoms. The lowest BCUT2D eigenvalue weighted by Crippen LogP contribution is -2.19. The Morgan fingerprint density at radius 3 is 3.00 bits per heavy atom. The molecule has 3 rings (SSSR count). The zero-order valence-electron chi connectivity index (χ0n) is 11.1. The molecule has 1 aromatic heterocycles. The monoisotopic (exact) mass is 349 g/mol. The zero-order valence-corrected chi connectivity index (χ0v) is 12.6. The lowest BCUT2D eigenvalue weighted by Gasteiger charge is -2.08. The Labute approximate surface area is 128 Å². The summed E-state index contributed by atoms with van der Waals surface area (Å²) >= 11 is 3.44. The van der Waals surface area contributed by atoms with Crippen molar-refractivity contribution < 1.29 is 9.59 Å². The number of halogens is 1. The molecule has 1 aliphatic rings. The maximum Gasteiger partial charge on any atom is 0.271 e. The van der Waals surface area contributed by atoms with E-state index in [0.717, 1.165) is 10.0 Å². The van der Waals surface area contributed by atoms with Crippen molar-refractivity contribution in [1.29, 1.82) is 0 Å². The van der Waals surface area contributed by atoms with E-state index in [-0.39, 0.29) is 11.8 Å². The Morgan fingerprint density at radius 2 is 2.29 bits per heavy atom. The van der Waals surface area contributed by atoms with Gasteiger partial charge in [0.1, 0.15) is 6.04 Å². The van der Waals surface area contributed by atoms with Gasteiger partial charge < -0.3 is 16.4 Å². The second-order valence-corrected chi connectivity index (χ2v) is 5.44. The first-order valence-corrected chi connectivity index (χ1v) is 6.98. The van der Waals surface area contributed by atoms with Gasteiger partial charge in [-0.2, -0.15) is 5.10 Å². The number of nitrogens with one attached hydrogen (secondary N) is 2. The van der Waals surface area contributed by atoms with Crippen LogP contribution in [0.1, 0.15) is 22.1 Å². The van der Waals surface area contributed by atoms with E-state index in [4.69, 9.17) is 5.73 Å². The Morgan fingerprint density at radius 1 is 1.52 bits per heavy atom. The van der Waals surface area contributed by atoms with Crippen molar-refractivity contribution in [2.45, 2.75) is 6.04 Å². The van der Waals surface area contributed by atoms with Gasteiger partial charge in [-0.15, -0.1) is 0 Å². The molecule has 0 aliphatic carbocycles. The normalized spacial score (nSPS) is 16.5. The molecule has 2 amide bonds. The number of fused-ring (bicyclic) bond motifs is 1. The summed E-state index contributed by atoms with van der Waals surface area (Å²) in [5, 5.41) is 9.44. The number of nitrogens with two attached hydrogens (primary N) is 1. The average molecular weight is 350 g/mol. The van der Waals surface area contributed by atoms with Crippen LogP contribution in [0.4, 0.5) is 5.69 Å². The molecule has 2 heterocycles. The third kappa shape index (κ3) is 2.22. The lowest BCUT2D eigenvalue weighted by atomic mass is 10.1. The molecule has 1 atom stereocenters. The number of aromatic nitrogens is 2. The molecule has 0 fully saturated rings. The minimum atomic E-state index is -0.663. The van der Waals surface area contributed by atoms with Crippen LogP contribution in [0.5, 0.6) is 0 Å². The number of nitrogens with zero attached hydrogens (tertiary/aromatic N) is 2. The third-order valence-electron chi connectivity index (χ3n) is 3.29. The van der Waals surface area contributed by atoms with Crippen LogP contribution in [-0.4, -0.2) is 28.6 Å². The smallest absolute Gasteiger partial charge is 0.271 e. The van der Waals surface area contributed by atoms with Crippen molar-refractivity contribution in [2.75, 3.05) is 12.4 Å². The maximum absolute atomic E-state index is 11.6. The summed E-state index contributed by atoms with van der Waals surface area (Å²) in [5.41, 5.74) is 8.20. The Bertz CT molecular complexity index is 755. The number of hydrogen-bond acceptors (Lipinski definition) is 4. The average Bonchev–Trinajstić information content (AvgIpc) is 3.05. The first-order chi connectivity index (χ1) is 10.0. The van der Waals surface area contributed by atoms with Gasteiger partial charge in [-0.1, -0.05) is 0 Å². The van der Waals surface area contributed by atoms with E-state index in [1.54, 1.807) is 36.1 Å². The molecule has 2 aromatic rings. The number of hydrogen-bond donors (Lipinski definition) is 3. The largest absolute Gasteiger partial charge is 0.354 e. The summed E-state index contributed by atoms with van der Waals surface area (Å²) in [5.74, 6) is -0.498. The van der Waals surface area contributed by atoms with Gasteiger partial charge in [-0.25, -0.2) is 4.68 Å². The van der Waals surface area contributed by atoms with Crippen molar-refractivity contribution in [3.05, 3.63) is 40.1 Å². The van der Waals surface area contributed by atoms with Crippen LogP contribution in [0.3, 0.4) is 0 Å². The lowest BCUT2D eigenvalue weighted by molar-refractivity contribution is -0.116. The standard InChI is InChI=1S/C13H12BrN5O2/c1-16-12(20)8-2-3-19(18-8)10-5-9-6(4-7(10)14)11(15)13(21)17-9/h2-5,11H,15H2,1H3,(H,16,20)(H,17,21). The Kier molecular flexibility index (Phi) is 3.26. The molecule has 21 heavy (non-hydrogen) atoms. The van der Waals surface area contributed by atoms with E-state index in [2.05, 4.69) is 31.7 Å². The first-order valence-electron chi connectivity index (χ1n) is 6.19. The highest BCUT2D eigenvalue weighted by Gasteiger charge is 2.28. The van der Waals surface area contributed by atoms with Crippen LogP contribution in [0.15, 0.2) is 28.9 Å². The summed E-state index contributed by atoms with van der Waals surface area (Å²) in [6, 6.07) is 4.51. The highest BCUT2D eigenvalue weighted by atomic mass is 79.9. The van der Waals surface area contributed by atoms with E-state index >= 15 is 0 Å². The molecule has 0 saturated carbocycles. The van der Waals surface area contributed by atoms with E-state index in [0.29, 0.717) is 17.1 Å². The van der Waals surface area contributed by atoms with Crippen LogP contribution in [0.2, 0.25) is 0 Å². The SMILES string of the molecule is CNC(=O)c1ccn(-c2cc3c(cc2Br)C(N)C(=O)N3)n1. The van der Waals surface area contributed by atoms with Crippen LogP contribution >= 0.6 is 15.9 Å². The topological polar surface area (TPSA) is 102 Å². The summed E-state index contributed by atoms with van der Waals surface area (Å²) < 4.78 is 2.30. The number of benzene rings is 1. The van der Waals surface area contributed by atoms with Gasteiger partial charge in [0.2, 0.25) is 5.91 Å². The number of amides is 2. The number of carbonyl (C=O) groups is 2. The fraction of sp³-hybridized carbons (Fsp3) is 0.154. The zero-order chi connectivity index (χ0) is 15.1. The second-order valence-electron chi connectivity index (χ2n) is 4.58. The molecule has 8 heteroatoms. The molecule has 108 valence electrons. The van der Waals surface area contributed by atoms with Crippen LogP contribution in [0, 0.1) is 0 Å². The molecule has 0 saturated heterocycles. The molecular formula is C13H12BrN5O2. The number of rotatable bonds is 2. The maximum atomic E-state index is 11.6. The fourth-order valence-corrected chi connectivity index (χ4v) is 2.72. The van der Waals surface area contributed by atoms with Crippen molar-refractivity contribution in [3.63, 3.8) is 0 Å². The summed E-state index contributed by atoms with van der Waals surface area (Å²) in [7, 11) is 1.55. The third-order valence-corrected chi connectivity index (χ3v) is 3.93. The summed E-state index contributed by atoms with van der Waals surface area (Å²) in [6.45, 7) is 0. The predicted octanol–water partition coefficient (Wildman–Crippen LogP) is 0.946. The fourth-order valence-electron chi connectivity index (χ4n) is 2.18. The molecule has 4 N–H and O–H groups in total. The van der Waals surface area contributed by atoms with Gasteiger partial charge in [0.25, 0.3) is 5.91 Å². The number of anilines is 1. The summed E-state index contributed by atoms with van der Waals surface area (Å²) in [6.07, 6.45) is 1.67. The van der Waals surface area contributed by atoms with E-state index in [1.807, 2.05) is 0 Å². The van der Waals surface area contributed by atoms with Gasteiger partial charge in [0.15, 0.2) is 5.69 Å². The van der Waals surface area contributed by atoms with Crippen molar-refractivity contribution in [1.82, 2.24) is 15.1 Å². The molecule has 0 spiro atoms. The van der Waals surface area contributed by atoms with Gasteiger partial charge in [-0.3, -0.25) is 9.59 Å². The quantitative estimate of drug-likeness (QED) is 0.750. The predicted molar refractivity (Wildman–Crippen MR) is 80.2 cm³/mol. The van der Waals surface area contributed by atoms with E-state index in [9.17, 15) is 9.59 Å². The highest BCUT2D eigenvalue weighted by molar-refractivity contribution is 9.10. The molecule has 7 nitrogen and oxygen atoms in total. The Balaban J connectivity index is 2.04. The summed E-state index contributed by atoms with van der Waals surface area (Å²) in [4.78, 5) is 23.1. The highest BCUT2D eigenvalue weighted by Crippen LogP contribution is 2.35. The van der Waals surface area contributed by atoms with Crippen LogP contribution in [-0.2, 0) is 4.79 Å². The van der Waals surface area contributed by atoms with E-state index in [1.165, 1.54) is 0 Å². The second kappa shape index (κ2) is 4.97. The number of carbonyl (C=O) groups excluding carboxylic acids is 2. The van der Waals surface area contributed by atoms with E-state index < -0.39 is 6.04 Å². The van der Waals surface area contributed by atoms with Crippen molar-refractivity contribution in [3.8, 4) is 5.69 Å².